The summed E-state index contributed by atoms with van der Waals surface area (Å²) in [4.78, 5) is 14.5. The van der Waals surface area contributed by atoms with Crippen LogP contribution in [0.4, 0.5) is 0 Å². The molecule has 0 aromatic heterocycles. The molecule has 0 spiro atoms. The average Bonchev–Trinajstić information content (AvgIpc) is 2.46. The van der Waals surface area contributed by atoms with Crippen LogP contribution in [0.1, 0.15) is 28.8 Å². The molecule has 0 aliphatic carbocycles. The molecule has 1 aliphatic heterocycles. The van der Waals surface area contributed by atoms with Gasteiger partial charge < -0.3 is 15.0 Å². The number of nitrogens with zero attached hydrogens (tertiary/aromatic N) is 1. The molecule has 104 valence electrons. The van der Waals surface area contributed by atoms with Gasteiger partial charge in [-0.2, -0.15) is 0 Å². The van der Waals surface area contributed by atoms with Crippen LogP contribution in [-0.4, -0.2) is 44.1 Å². The maximum Gasteiger partial charge on any atom is 0.257 e. The Balaban J connectivity index is 2.20. The SMILES string of the molecule is COc1ccc(C)cc1C(=O)N(C)C1CCNCC1. The number of hydrogen-bond donors (Lipinski definition) is 1. The van der Waals surface area contributed by atoms with Gasteiger partial charge in [-0.1, -0.05) is 11.6 Å². The summed E-state index contributed by atoms with van der Waals surface area (Å²) in [5, 5.41) is 3.32. The largest absolute Gasteiger partial charge is 0.496 e. The van der Waals surface area contributed by atoms with Crippen molar-refractivity contribution in [1.82, 2.24) is 10.2 Å². The highest BCUT2D eigenvalue weighted by molar-refractivity contribution is 5.97. The van der Waals surface area contributed by atoms with Gasteiger partial charge in [0.1, 0.15) is 5.75 Å². The van der Waals surface area contributed by atoms with Crippen LogP contribution in [-0.2, 0) is 0 Å². The van der Waals surface area contributed by atoms with Gasteiger partial charge in [0.2, 0.25) is 0 Å². The molecule has 1 aromatic carbocycles. The molecule has 1 heterocycles. The normalized spacial score (nSPS) is 16.2. The number of nitrogens with one attached hydrogen (secondary N) is 1. The van der Waals surface area contributed by atoms with Gasteiger partial charge in [0.15, 0.2) is 0 Å². The molecule has 1 N–H and O–H groups in total. The summed E-state index contributed by atoms with van der Waals surface area (Å²) in [6.45, 7) is 3.95. The molecule has 1 aromatic rings. The molecule has 2 rings (SSSR count). The van der Waals surface area contributed by atoms with Gasteiger partial charge in [-0.15, -0.1) is 0 Å². The molecule has 0 unspecified atom stereocenters. The second-order valence-electron chi connectivity index (χ2n) is 5.10. The Hall–Kier alpha value is -1.55. The van der Waals surface area contributed by atoms with E-state index >= 15 is 0 Å². The minimum absolute atomic E-state index is 0.0486. The summed E-state index contributed by atoms with van der Waals surface area (Å²) in [6.07, 6.45) is 2.02. The van der Waals surface area contributed by atoms with Gasteiger partial charge in [0.25, 0.3) is 5.91 Å². The molecule has 4 nitrogen and oxygen atoms in total. The highest BCUT2D eigenvalue weighted by Crippen LogP contribution is 2.23. The van der Waals surface area contributed by atoms with Crippen molar-refractivity contribution >= 4 is 5.91 Å². The summed E-state index contributed by atoms with van der Waals surface area (Å²) < 4.78 is 5.30. The first kappa shape index (κ1) is 13.9. The predicted molar refractivity (Wildman–Crippen MR) is 75.7 cm³/mol. The summed E-state index contributed by atoms with van der Waals surface area (Å²) in [7, 11) is 3.49. The molecule has 0 bridgehead atoms. The molecule has 19 heavy (non-hydrogen) atoms. The second-order valence-corrected chi connectivity index (χ2v) is 5.10. The van der Waals surface area contributed by atoms with Crippen LogP contribution in [0.2, 0.25) is 0 Å². The van der Waals surface area contributed by atoms with Gasteiger partial charge in [0, 0.05) is 13.1 Å². The van der Waals surface area contributed by atoms with E-state index in [1.54, 1.807) is 7.11 Å². The highest BCUT2D eigenvalue weighted by atomic mass is 16.5. The van der Waals surface area contributed by atoms with Crippen LogP contribution in [0.15, 0.2) is 18.2 Å². The van der Waals surface area contributed by atoms with Gasteiger partial charge >= 0.3 is 0 Å². The lowest BCUT2D eigenvalue weighted by atomic mass is 10.0. The van der Waals surface area contributed by atoms with Gasteiger partial charge in [0.05, 0.1) is 12.7 Å². The van der Waals surface area contributed by atoms with E-state index in [1.807, 2.05) is 37.1 Å². The van der Waals surface area contributed by atoms with Crippen LogP contribution in [0.3, 0.4) is 0 Å². The molecular weight excluding hydrogens is 240 g/mol. The van der Waals surface area contributed by atoms with Gasteiger partial charge in [-0.3, -0.25) is 4.79 Å². The Morgan fingerprint density at radius 2 is 2.05 bits per heavy atom. The molecular formula is C15H22N2O2. The molecule has 1 amide bonds. The fourth-order valence-electron chi connectivity index (χ4n) is 2.54. The number of piperidine rings is 1. The van der Waals surface area contributed by atoms with Crippen molar-refractivity contribution in [3.8, 4) is 5.75 Å². The fourth-order valence-corrected chi connectivity index (χ4v) is 2.54. The van der Waals surface area contributed by atoms with Crippen molar-refractivity contribution in [2.45, 2.75) is 25.8 Å². The average molecular weight is 262 g/mol. The van der Waals surface area contributed by atoms with Crippen LogP contribution < -0.4 is 10.1 Å². The van der Waals surface area contributed by atoms with Crippen molar-refractivity contribution in [2.75, 3.05) is 27.2 Å². The summed E-state index contributed by atoms with van der Waals surface area (Å²) >= 11 is 0. The van der Waals surface area contributed by atoms with E-state index < -0.39 is 0 Å². The third kappa shape index (κ3) is 3.07. The quantitative estimate of drug-likeness (QED) is 0.903. The zero-order valence-electron chi connectivity index (χ0n) is 11.9. The zero-order valence-corrected chi connectivity index (χ0v) is 11.9. The van der Waals surface area contributed by atoms with Gasteiger partial charge in [-0.05, 0) is 45.0 Å². The summed E-state index contributed by atoms with van der Waals surface area (Å²) in [6, 6.07) is 6.04. The van der Waals surface area contributed by atoms with Crippen LogP contribution in [0.5, 0.6) is 5.75 Å². The zero-order chi connectivity index (χ0) is 13.8. The minimum atomic E-state index is 0.0486. The molecule has 0 atom stereocenters. The summed E-state index contributed by atoms with van der Waals surface area (Å²) in [5.74, 6) is 0.698. The van der Waals surface area contributed by atoms with Crippen LogP contribution in [0, 0.1) is 6.92 Å². The first-order valence-corrected chi connectivity index (χ1v) is 6.76. The maximum absolute atomic E-state index is 12.6. The Kier molecular flexibility index (Phi) is 4.43. The smallest absolute Gasteiger partial charge is 0.257 e. The van der Waals surface area contributed by atoms with Crippen LogP contribution >= 0.6 is 0 Å². The lowest BCUT2D eigenvalue weighted by Crippen LogP contribution is -2.44. The van der Waals surface area contributed by atoms with Crippen molar-refractivity contribution in [3.63, 3.8) is 0 Å². The number of amides is 1. The third-order valence-corrected chi connectivity index (χ3v) is 3.76. The topological polar surface area (TPSA) is 41.6 Å². The number of carbonyl (C=O) groups excluding carboxylic acids is 1. The van der Waals surface area contributed by atoms with Crippen molar-refractivity contribution in [1.29, 1.82) is 0 Å². The van der Waals surface area contributed by atoms with E-state index in [0.29, 0.717) is 17.4 Å². The lowest BCUT2D eigenvalue weighted by molar-refractivity contribution is 0.0700. The number of rotatable bonds is 3. The molecule has 0 radical (unpaired) electrons. The van der Waals surface area contributed by atoms with E-state index in [9.17, 15) is 4.79 Å². The second kappa shape index (κ2) is 6.06. The number of ether oxygens (including phenoxy) is 1. The molecule has 0 saturated carbocycles. The van der Waals surface area contributed by atoms with Crippen molar-refractivity contribution in [3.05, 3.63) is 29.3 Å². The molecule has 1 aliphatic rings. The first-order chi connectivity index (χ1) is 9.13. The number of aryl methyl sites for hydroxylation is 1. The van der Waals surface area contributed by atoms with Gasteiger partial charge in [-0.25, -0.2) is 0 Å². The summed E-state index contributed by atoms with van der Waals surface area (Å²) in [5.41, 5.74) is 1.73. The van der Waals surface area contributed by atoms with Crippen molar-refractivity contribution in [2.24, 2.45) is 0 Å². The Morgan fingerprint density at radius 1 is 1.37 bits per heavy atom. The fraction of sp³-hybridized carbons (Fsp3) is 0.533. The van der Waals surface area contributed by atoms with E-state index in [2.05, 4.69) is 5.32 Å². The predicted octanol–water partition coefficient (Wildman–Crippen LogP) is 1.83. The van der Waals surface area contributed by atoms with E-state index in [-0.39, 0.29) is 5.91 Å². The number of hydrogen-bond acceptors (Lipinski definition) is 3. The number of benzene rings is 1. The minimum Gasteiger partial charge on any atom is -0.496 e. The third-order valence-electron chi connectivity index (χ3n) is 3.76. The molecule has 1 saturated heterocycles. The number of methoxy groups -OCH3 is 1. The van der Waals surface area contributed by atoms with E-state index in [4.69, 9.17) is 4.74 Å². The van der Waals surface area contributed by atoms with E-state index in [0.717, 1.165) is 31.5 Å². The lowest BCUT2D eigenvalue weighted by Gasteiger charge is -2.32. The molecule has 1 fully saturated rings. The Labute approximate surface area is 114 Å². The highest BCUT2D eigenvalue weighted by Gasteiger charge is 2.24. The monoisotopic (exact) mass is 262 g/mol. The first-order valence-electron chi connectivity index (χ1n) is 6.76. The van der Waals surface area contributed by atoms with Crippen molar-refractivity contribution < 1.29 is 9.53 Å². The van der Waals surface area contributed by atoms with E-state index in [1.165, 1.54) is 0 Å². The number of carbonyl (C=O) groups is 1. The Morgan fingerprint density at radius 3 is 2.68 bits per heavy atom. The molecule has 4 heteroatoms. The maximum atomic E-state index is 12.6. The standard InChI is InChI=1S/C15H22N2O2/c1-11-4-5-14(19-3)13(10-11)15(18)17(2)12-6-8-16-9-7-12/h4-5,10,12,16H,6-9H2,1-3H3. The Bertz CT molecular complexity index is 453. The van der Waals surface area contributed by atoms with Crippen LogP contribution in [0.25, 0.3) is 0 Å².